The molecule has 1 aliphatic heterocycles. The summed E-state index contributed by atoms with van der Waals surface area (Å²) in [6.07, 6.45) is 3.36. The zero-order chi connectivity index (χ0) is 11.3. The average Bonchev–Trinajstić information content (AvgIpc) is 2.63. The van der Waals surface area contributed by atoms with Gasteiger partial charge >= 0.3 is 11.9 Å². The molecule has 5 nitrogen and oxygen atoms in total. The molecule has 0 aromatic heterocycles. The number of likely N-dealkylation sites (tertiary alicyclic amines) is 1. The Morgan fingerprint density at radius 3 is 2.19 bits per heavy atom. The molecular formula is C10H16ClNO4. The van der Waals surface area contributed by atoms with E-state index in [1.807, 2.05) is 0 Å². The summed E-state index contributed by atoms with van der Waals surface area (Å²) in [5.74, 6) is -2.34. The van der Waals surface area contributed by atoms with Gasteiger partial charge in [-0.15, -0.1) is 12.4 Å². The van der Waals surface area contributed by atoms with Crippen molar-refractivity contribution in [3.8, 4) is 0 Å². The molecule has 16 heavy (non-hydrogen) atoms. The van der Waals surface area contributed by atoms with Gasteiger partial charge in [-0.2, -0.15) is 0 Å². The van der Waals surface area contributed by atoms with E-state index in [9.17, 15) is 9.59 Å². The van der Waals surface area contributed by atoms with E-state index in [0.717, 1.165) is 32.0 Å². The number of carbonyl (C=O) groups is 2. The molecule has 0 saturated carbocycles. The van der Waals surface area contributed by atoms with E-state index in [-0.39, 0.29) is 18.0 Å². The lowest BCUT2D eigenvalue weighted by atomic mass is 10.1. The first-order chi connectivity index (χ1) is 7.09. The number of nitrogens with zero attached hydrogens (tertiary/aromatic N) is 1. The van der Waals surface area contributed by atoms with E-state index >= 15 is 0 Å². The smallest absolute Gasteiger partial charge is 0.331 e. The number of halogens is 1. The molecule has 0 aromatic rings. The van der Waals surface area contributed by atoms with Gasteiger partial charge in [0.15, 0.2) is 0 Å². The summed E-state index contributed by atoms with van der Waals surface area (Å²) >= 11 is 0. The maximum absolute atomic E-state index is 10.7. The van der Waals surface area contributed by atoms with E-state index in [1.54, 1.807) is 0 Å². The normalized spacial score (nSPS) is 16.9. The molecule has 92 valence electrons. The molecule has 1 aliphatic rings. The van der Waals surface area contributed by atoms with E-state index in [0.29, 0.717) is 13.0 Å². The van der Waals surface area contributed by atoms with E-state index in [4.69, 9.17) is 10.2 Å². The standard InChI is InChI=1S/C10H15NO4.ClH/c12-9(13)7-8(10(14)15)3-6-11-4-1-2-5-11;/h7H,1-6H2,(H,12,13)(H,14,15);1H/b8-7+;. The predicted octanol–water partition coefficient (Wildman–Crippen LogP) is 0.990. The van der Waals surface area contributed by atoms with Gasteiger partial charge in [0.25, 0.3) is 0 Å². The molecule has 0 bridgehead atoms. The van der Waals surface area contributed by atoms with Crippen LogP contribution in [0.4, 0.5) is 0 Å². The van der Waals surface area contributed by atoms with E-state index in [1.165, 1.54) is 0 Å². The van der Waals surface area contributed by atoms with Gasteiger partial charge in [0.05, 0.1) is 0 Å². The Bertz CT molecular complexity index is 285. The Kier molecular flexibility index (Phi) is 6.76. The quantitative estimate of drug-likeness (QED) is 0.711. The van der Waals surface area contributed by atoms with Gasteiger partial charge in [0.2, 0.25) is 0 Å². The summed E-state index contributed by atoms with van der Waals surface area (Å²) in [5.41, 5.74) is -0.0330. The van der Waals surface area contributed by atoms with Crippen molar-refractivity contribution in [1.29, 1.82) is 0 Å². The van der Waals surface area contributed by atoms with Gasteiger partial charge in [0.1, 0.15) is 0 Å². The highest BCUT2D eigenvalue weighted by Crippen LogP contribution is 2.10. The Morgan fingerprint density at radius 1 is 1.19 bits per heavy atom. The summed E-state index contributed by atoms with van der Waals surface area (Å²) in [6, 6.07) is 0. The maximum Gasteiger partial charge on any atom is 0.331 e. The van der Waals surface area contributed by atoms with Crippen LogP contribution in [-0.2, 0) is 9.59 Å². The predicted molar refractivity (Wildman–Crippen MR) is 60.9 cm³/mol. The fourth-order valence-corrected chi connectivity index (χ4v) is 1.67. The van der Waals surface area contributed by atoms with Crippen molar-refractivity contribution >= 4 is 24.3 Å². The summed E-state index contributed by atoms with van der Waals surface area (Å²) in [5, 5.41) is 17.2. The number of hydrogen-bond donors (Lipinski definition) is 2. The van der Waals surface area contributed by atoms with E-state index in [2.05, 4.69) is 4.90 Å². The third kappa shape index (κ3) is 5.14. The molecule has 0 amide bonds. The molecule has 0 radical (unpaired) electrons. The number of aliphatic carboxylic acids is 2. The first-order valence-corrected chi connectivity index (χ1v) is 4.99. The van der Waals surface area contributed by atoms with Gasteiger partial charge in [-0.1, -0.05) is 0 Å². The third-order valence-electron chi connectivity index (χ3n) is 2.47. The van der Waals surface area contributed by atoms with Crippen molar-refractivity contribution in [3.63, 3.8) is 0 Å². The molecule has 1 fully saturated rings. The highest BCUT2D eigenvalue weighted by atomic mass is 35.5. The molecule has 6 heteroatoms. The summed E-state index contributed by atoms with van der Waals surface area (Å²) in [7, 11) is 0. The summed E-state index contributed by atoms with van der Waals surface area (Å²) in [6.45, 7) is 2.60. The van der Waals surface area contributed by atoms with Crippen LogP contribution in [-0.4, -0.2) is 46.7 Å². The fraction of sp³-hybridized carbons (Fsp3) is 0.600. The number of hydrogen-bond acceptors (Lipinski definition) is 3. The van der Waals surface area contributed by atoms with Crippen LogP contribution in [0, 0.1) is 0 Å². The first kappa shape index (κ1) is 14.9. The van der Waals surface area contributed by atoms with Crippen LogP contribution in [0.1, 0.15) is 19.3 Å². The van der Waals surface area contributed by atoms with E-state index < -0.39 is 11.9 Å². The Labute approximate surface area is 100 Å². The fourth-order valence-electron chi connectivity index (χ4n) is 1.67. The maximum atomic E-state index is 10.7. The van der Waals surface area contributed by atoms with Crippen LogP contribution in [0.25, 0.3) is 0 Å². The van der Waals surface area contributed by atoms with Crippen LogP contribution < -0.4 is 0 Å². The molecule has 0 aromatic carbocycles. The molecule has 0 aliphatic carbocycles. The van der Waals surface area contributed by atoms with Crippen LogP contribution >= 0.6 is 12.4 Å². The van der Waals surface area contributed by atoms with Crippen LogP contribution in [0.15, 0.2) is 11.6 Å². The first-order valence-electron chi connectivity index (χ1n) is 4.99. The van der Waals surface area contributed by atoms with Crippen molar-refractivity contribution < 1.29 is 19.8 Å². The second kappa shape index (κ2) is 7.24. The number of rotatable bonds is 5. The van der Waals surface area contributed by atoms with Gasteiger partial charge < -0.3 is 15.1 Å². The number of carboxylic acids is 2. The largest absolute Gasteiger partial charge is 0.478 e. The molecule has 0 unspecified atom stereocenters. The molecular weight excluding hydrogens is 234 g/mol. The third-order valence-corrected chi connectivity index (χ3v) is 2.47. The zero-order valence-corrected chi connectivity index (χ0v) is 9.70. The van der Waals surface area contributed by atoms with Gasteiger partial charge in [0, 0.05) is 18.2 Å². The molecule has 1 saturated heterocycles. The zero-order valence-electron chi connectivity index (χ0n) is 8.89. The summed E-state index contributed by atoms with van der Waals surface area (Å²) in [4.78, 5) is 23.2. The minimum Gasteiger partial charge on any atom is -0.478 e. The Balaban J connectivity index is 0.00000225. The highest BCUT2D eigenvalue weighted by Gasteiger charge is 2.14. The molecule has 1 rings (SSSR count). The minimum absolute atomic E-state index is 0. The molecule has 0 spiro atoms. The Morgan fingerprint density at radius 2 is 1.75 bits per heavy atom. The van der Waals surface area contributed by atoms with Gasteiger partial charge in [-0.25, -0.2) is 9.59 Å². The second-order valence-electron chi connectivity index (χ2n) is 3.61. The van der Waals surface area contributed by atoms with Crippen LogP contribution in [0.3, 0.4) is 0 Å². The molecule has 0 atom stereocenters. The van der Waals surface area contributed by atoms with Crippen molar-refractivity contribution in [2.24, 2.45) is 0 Å². The van der Waals surface area contributed by atoms with Crippen LogP contribution in [0.5, 0.6) is 0 Å². The van der Waals surface area contributed by atoms with Crippen molar-refractivity contribution in [1.82, 2.24) is 4.90 Å². The average molecular weight is 250 g/mol. The molecule has 2 N–H and O–H groups in total. The second-order valence-corrected chi connectivity index (χ2v) is 3.61. The Hall–Kier alpha value is -1.07. The van der Waals surface area contributed by atoms with Gasteiger partial charge in [-0.05, 0) is 32.4 Å². The lowest BCUT2D eigenvalue weighted by molar-refractivity contribution is -0.135. The van der Waals surface area contributed by atoms with Crippen LogP contribution in [0.2, 0.25) is 0 Å². The van der Waals surface area contributed by atoms with Gasteiger partial charge in [-0.3, -0.25) is 0 Å². The van der Waals surface area contributed by atoms with Crippen molar-refractivity contribution in [2.75, 3.05) is 19.6 Å². The topological polar surface area (TPSA) is 77.8 Å². The molecule has 1 heterocycles. The SMILES string of the molecule is Cl.O=C(O)/C=C(\CCN1CCCC1)C(=O)O. The monoisotopic (exact) mass is 249 g/mol. The lowest BCUT2D eigenvalue weighted by Gasteiger charge is -2.13. The highest BCUT2D eigenvalue weighted by molar-refractivity contribution is 5.94. The number of carboxylic acid groups (broad SMARTS) is 2. The van der Waals surface area contributed by atoms with Crippen molar-refractivity contribution in [2.45, 2.75) is 19.3 Å². The van der Waals surface area contributed by atoms with Crippen molar-refractivity contribution in [3.05, 3.63) is 11.6 Å². The summed E-state index contributed by atoms with van der Waals surface area (Å²) < 4.78 is 0. The minimum atomic E-state index is -1.20. The lowest BCUT2D eigenvalue weighted by Crippen LogP contribution is -2.22.